The van der Waals surface area contributed by atoms with Crippen molar-refractivity contribution in [3.8, 4) is 0 Å². The molecule has 0 aromatic heterocycles. The Balaban J connectivity index is 2.90. The molecule has 0 radical (unpaired) electrons. The van der Waals surface area contributed by atoms with Crippen molar-refractivity contribution in [1.29, 1.82) is 0 Å². The minimum absolute atomic E-state index is 0.0202. The fourth-order valence-electron chi connectivity index (χ4n) is 2.63. The van der Waals surface area contributed by atoms with E-state index in [9.17, 15) is 19.2 Å². The van der Waals surface area contributed by atoms with Gasteiger partial charge < -0.3 is 10.5 Å². The van der Waals surface area contributed by atoms with Crippen molar-refractivity contribution in [3.63, 3.8) is 0 Å². The number of primary amides is 1. The van der Waals surface area contributed by atoms with Gasteiger partial charge in [-0.15, -0.1) is 0 Å². The Kier molecular flexibility index (Phi) is 4.37. The normalized spacial score (nSPS) is 20.3. The zero-order chi connectivity index (χ0) is 17.5. The van der Waals surface area contributed by atoms with Crippen molar-refractivity contribution >= 4 is 46.9 Å². The number of carbonyl (C=O) groups excluding carboxylic acids is 4. The summed E-state index contributed by atoms with van der Waals surface area (Å²) in [6, 6.07) is 2.45. The zero-order valence-corrected chi connectivity index (χ0v) is 13.7. The van der Waals surface area contributed by atoms with Crippen LogP contribution in [0.4, 0.5) is 0 Å². The van der Waals surface area contributed by atoms with Crippen molar-refractivity contribution in [3.05, 3.63) is 33.3 Å². The maximum Gasteiger partial charge on any atom is 0.326 e. The highest BCUT2D eigenvalue weighted by atomic mass is 35.5. The van der Waals surface area contributed by atoms with E-state index in [0.717, 1.165) is 12.0 Å². The Morgan fingerprint density at radius 2 is 1.83 bits per heavy atom. The molecule has 0 saturated carbocycles. The summed E-state index contributed by atoms with van der Waals surface area (Å²) in [5.74, 6) is -3.52. The number of nitrogens with zero attached hydrogens (tertiary/aromatic N) is 1. The molecule has 0 fully saturated rings. The highest BCUT2D eigenvalue weighted by Gasteiger charge is 2.57. The number of hydrogen-bond donors (Lipinski definition) is 1. The van der Waals surface area contributed by atoms with Gasteiger partial charge in [0.25, 0.3) is 11.8 Å². The maximum atomic E-state index is 12.7. The molecule has 2 rings (SSSR count). The molecule has 1 unspecified atom stereocenters. The molecule has 1 atom stereocenters. The molecule has 2 N–H and O–H groups in total. The van der Waals surface area contributed by atoms with Crippen LogP contribution in [0.15, 0.2) is 12.1 Å². The third-order valence-electron chi connectivity index (χ3n) is 3.70. The molecule has 1 heterocycles. The van der Waals surface area contributed by atoms with E-state index < -0.39 is 35.5 Å². The maximum absolute atomic E-state index is 12.7. The van der Waals surface area contributed by atoms with Gasteiger partial charge in [-0.05, 0) is 17.7 Å². The number of halogens is 2. The van der Waals surface area contributed by atoms with Gasteiger partial charge in [0.05, 0.1) is 23.6 Å². The highest BCUT2D eigenvalue weighted by molar-refractivity contribution is 6.42. The van der Waals surface area contributed by atoms with Crippen molar-refractivity contribution in [2.24, 2.45) is 5.73 Å². The predicted molar refractivity (Wildman–Crippen MR) is 81.1 cm³/mol. The lowest BCUT2D eigenvalue weighted by Crippen LogP contribution is -2.58. The number of imide groups is 1. The largest absolute Gasteiger partial charge is 0.468 e. The smallest absolute Gasteiger partial charge is 0.326 e. The minimum atomic E-state index is -2.08. The van der Waals surface area contributed by atoms with Crippen LogP contribution >= 0.6 is 23.2 Å². The molecule has 1 aliphatic heterocycles. The van der Waals surface area contributed by atoms with E-state index in [1.165, 1.54) is 19.2 Å². The first-order valence-electron chi connectivity index (χ1n) is 6.35. The second kappa shape index (κ2) is 5.82. The molecular formula is C14H12Cl2N2O5. The van der Waals surface area contributed by atoms with Gasteiger partial charge in [-0.25, -0.2) is 0 Å². The number of fused-ring (bicyclic) bond motifs is 1. The van der Waals surface area contributed by atoms with E-state index in [4.69, 9.17) is 33.7 Å². The van der Waals surface area contributed by atoms with Crippen LogP contribution in [0.5, 0.6) is 0 Å². The van der Waals surface area contributed by atoms with Crippen LogP contribution in [0.1, 0.15) is 22.3 Å². The van der Waals surface area contributed by atoms with Crippen molar-refractivity contribution in [2.45, 2.75) is 11.8 Å². The minimum Gasteiger partial charge on any atom is -0.468 e. The van der Waals surface area contributed by atoms with Crippen LogP contribution in [0.2, 0.25) is 10.0 Å². The molecule has 122 valence electrons. The summed E-state index contributed by atoms with van der Waals surface area (Å²) in [4.78, 5) is 49.6. The molecule has 3 amide bonds. The van der Waals surface area contributed by atoms with Gasteiger partial charge in [0.2, 0.25) is 5.91 Å². The van der Waals surface area contributed by atoms with Gasteiger partial charge in [-0.2, -0.15) is 0 Å². The first-order chi connectivity index (χ1) is 10.7. The van der Waals surface area contributed by atoms with E-state index in [1.807, 2.05) is 0 Å². The van der Waals surface area contributed by atoms with Crippen molar-refractivity contribution < 1.29 is 23.9 Å². The first kappa shape index (κ1) is 17.2. The highest BCUT2D eigenvalue weighted by Crippen LogP contribution is 2.41. The Morgan fingerprint density at radius 3 is 2.35 bits per heavy atom. The summed E-state index contributed by atoms with van der Waals surface area (Å²) in [5, 5.41) is 0.0904. The van der Waals surface area contributed by atoms with E-state index in [-0.39, 0.29) is 21.2 Å². The van der Waals surface area contributed by atoms with Crippen LogP contribution < -0.4 is 5.73 Å². The lowest BCUT2D eigenvalue weighted by Gasteiger charge is -2.37. The zero-order valence-electron chi connectivity index (χ0n) is 12.2. The number of rotatable bonds is 3. The Labute approximate surface area is 141 Å². The molecule has 0 saturated heterocycles. The monoisotopic (exact) mass is 358 g/mol. The number of likely N-dealkylation sites (N-methyl/N-ethyl adjacent to an activating group) is 1. The van der Waals surface area contributed by atoms with Crippen LogP contribution in [-0.2, 0) is 24.5 Å². The van der Waals surface area contributed by atoms with Crippen LogP contribution in [0.3, 0.4) is 0 Å². The van der Waals surface area contributed by atoms with E-state index >= 15 is 0 Å². The number of carbonyl (C=O) groups is 4. The Hall–Kier alpha value is -2.12. The fraction of sp³-hybridized carbons (Fsp3) is 0.286. The van der Waals surface area contributed by atoms with E-state index in [1.54, 1.807) is 0 Å². The van der Waals surface area contributed by atoms with Gasteiger partial charge in [0.15, 0.2) is 5.41 Å². The average Bonchev–Trinajstić information content (AvgIpc) is 2.50. The van der Waals surface area contributed by atoms with Gasteiger partial charge in [-0.1, -0.05) is 23.2 Å². The SMILES string of the molecule is COC(=O)C1(CC(N)=O)C(=O)N(C)C(=O)c2cc(Cl)c(Cl)cc21. The van der Waals surface area contributed by atoms with Crippen LogP contribution in [0, 0.1) is 0 Å². The Bertz CT molecular complexity index is 749. The topological polar surface area (TPSA) is 107 Å². The molecule has 0 bridgehead atoms. The van der Waals surface area contributed by atoms with E-state index in [2.05, 4.69) is 0 Å². The number of hydrogen-bond acceptors (Lipinski definition) is 5. The number of ether oxygens (including phenoxy) is 1. The predicted octanol–water partition coefficient (Wildman–Crippen LogP) is 0.892. The lowest BCUT2D eigenvalue weighted by molar-refractivity contribution is -0.157. The fourth-order valence-corrected chi connectivity index (χ4v) is 2.95. The molecule has 0 aliphatic carbocycles. The third-order valence-corrected chi connectivity index (χ3v) is 4.42. The summed E-state index contributed by atoms with van der Waals surface area (Å²) >= 11 is 11.9. The number of methoxy groups -OCH3 is 1. The summed E-state index contributed by atoms with van der Waals surface area (Å²) in [7, 11) is 2.25. The molecule has 7 nitrogen and oxygen atoms in total. The van der Waals surface area contributed by atoms with Gasteiger partial charge in [-0.3, -0.25) is 24.1 Å². The molecule has 1 aromatic carbocycles. The van der Waals surface area contributed by atoms with Gasteiger partial charge in [0.1, 0.15) is 0 Å². The van der Waals surface area contributed by atoms with E-state index in [0.29, 0.717) is 0 Å². The number of amides is 3. The summed E-state index contributed by atoms with van der Waals surface area (Å²) in [6.45, 7) is 0. The quantitative estimate of drug-likeness (QED) is 0.490. The number of esters is 1. The lowest BCUT2D eigenvalue weighted by atomic mass is 9.71. The molecular weight excluding hydrogens is 347 g/mol. The molecule has 1 aromatic rings. The number of nitrogens with two attached hydrogens (primary N) is 1. The summed E-state index contributed by atoms with van der Waals surface area (Å²) < 4.78 is 4.69. The molecule has 0 spiro atoms. The van der Waals surface area contributed by atoms with Crippen LogP contribution in [0.25, 0.3) is 0 Å². The summed E-state index contributed by atoms with van der Waals surface area (Å²) in [5.41, 5.74) is 3.06. The third kappa shape index (κ3) is 2.46. The molecule has 1 aliphatic rings. The summed E-state index contributed by atoms with van der Waals surface area (Å²) in [6.07, 6.45) is -0.666. The second-order valence-electron chi connectivity index (χ2n) is 5.02. The van der Waals surface area contributed by atoms with Crippen molar-refractivity contribution in [1.82, 2.24) is 4.90 Å². The van der Waals surface area contributed by atoms with Gasteiger partial charge >= 0.3 is 5.97 Å². The molecule has 9 heteroatoms. The standard InChI is InChI=1S/C14H12Cl2N2O5/c1-18-11(20)6-3-8(15)9(16)4-7(6)14(12(18)21,5-10(17)19)13(22)23-2/h3-4H,5H2,1-2H3,(H2,17,19). The van der Waals surface area contributed by atoms with Gasteiger partial charge in [0, 0.05) is 12.6 Å². The number of benzene rings is 1. The Morgan fingerprint density at radius 1 is 1.26 bits per heavy atom. The van der Waals surface area contributed by atoms with Crippen LogP contribution in [-0.4, -0.2) is 42.7 Å². The average molecular weight is 359 g/mol. The van der Waals surface area contributed by atoms with Crippen molar-refractivity contribution in [2.75, 3.05) is 14.2 Å². The molecule has 23 heavy (non-hydrogen) atoms. The second-order valence-corrected chi connectivity index (χ2v) is 5.84. The first-order valence-corrected chi connectivity index (χ1v) is 7.11.